The Bertz CT molecular complexity index is 1550. The smallest absolute Gasteiger partial charge is 0.312 e. The van der Waals surface area contributed by atoms with Crippen molar-refractivity contribution in [2.75, 3.05) is 7.11 Å². The number of carbonyl (C=O) groups excluding carboxylic acids is 2. The van der Waals surface area contributed by atoms with Gasteiger partial charge in [0.05, 0.1) is 25.4 Å². The molecule has 0 spiro atoms. The maximum Gasteiger partial charge on any atom is 0.312 e. The summed E-state index contributed by atoms with van der Waals surface area (Å²) in [4.78, 5) is 29.9. The molecule has 4 heterocycles. The van der Waals surface area contributed by atoms with E-state index in [1.807, 2.05) is 29.9 Å². The molecule has 0 saturated heterocycles. The van der Waals surface area contributed by atoms with Gasteiger partial charge in [0.15, 0.2) is 17.3 Å². The summed E-state index contributed by atoms with van der Waals surface area (Å²) in [5.41, 5.74) is 1.84. The van der Waals surface area contributed by atoms with Crippen molar-refractivity contribution in [1.29, 1.82) is 0 Å². The fraction of sp³-hybridized carbons (Fsp3) is 0.179. The molecule has 2 aromatic heterocycles. The number of ketones is 1. The van der Waals surface area contributed by atoms with Crippen molar-refractivity contribution in [1.82, 2.24) is 9.55 Å². The predicted molar refractivity (Wildman–Crippen MR) is 131 cm³/mol. The van der Waals surface area contributed by atoms with E-state index in [0.29, 0.717) is 39.9 Å². The number of Topliss-reactive ketones (excluding diaryl/α,β-unsaturated/α-hetero) is 1. The van der Waals surface area contributed by atoms with E-state index in [2.05, 4.69) is 4.98 Å². The summed E-state index contributed by atoms with van der Waals surface area (Å²) in [5, 5.41) is 0. The molecule has 0 radical (unpaired) electrons. The standard InChI is InChI=1S/C28H22N2O7/c1-30-10-9-29-24(30)15-35-20-7-5-16(12-22(20)33-2)19-14-25(31)36-21-8-6-18-27(32)23(37-28(18)26(19)21)13-17-4-3-11-34-17/h3-13,19H,14-15H2,1-2H3/b23-13-/t19-/m0/s1. The monoisotopic (exact) mass is 498 g/mol. The minimum atomic E-state index is -0.417. The normalized spacial score (nSPS) is 17.2. The van der Waals surface area contributed by atoms with Gasteiger partial charge in [0.2, 0.25) is 5.78 Å². The zero-order chi connectivity index (χ0) is 25.5. The molecule has 0 unspecified atom stereocenters. The SMILES string of the molecule is COc1cc([C@@H]2CC(=O)Oc3ccc4c(c32)O/C(=C\c2ccco2)C4=O)ccc1OCc1nccn1C. The second kappa shape index (κ2) is 9.02. The van der Waals surface area contributed by atoms with Crippen LogP contribution in [0.25, 0.3) is 6.08 Å². The highest BCUT2D eigenvalue weighted by Crippen LogP contribution is 2.49. The van der Waals surface area contributed by atoms with Gasteiger partial charge in [-0.2, -0.15) is 0 Å². The van der Waals surface area contributed by atoms with E-state index < -0.39 is 5.92 Å². The molecule has 0 fully saturated rings. The first-order valence-electron chi connectivity index (χ1n) is 11.6. The zero-order valence-electron chi connectivity index (χ0n) is 20.1. The van der Waals surface area contributed by atoms with Crippen molar-refractivity contribution < 1.29 is 33.0 Å². The van der Waals surface area contributed by atoms with Crippen molar-refractivity contribution in [3.8, 4) is 23.0 Å². The molecule has 9 nitrogen and oxygen atoms in total. The maximum absolute atomic E-state index is 13.1. The van der Waals surface area contributed by atoms with Crippen molar-refractivity contribution in [3.63, 3.8) is 0 Å². The van der Waals surface area contributed by atoms with E-state index in [9.17, 15) is 9.59 Å². The fourth-order valence-corrected chi connectivity index (χ4v) is 4.59. The van der Waals surface area contributed by atoms with Crippen LogP contribution >= 0.6 is 0 Å². The number of methoxy groups -OCH3 is 1. The number of esters is 1. The van der Waals surface area contributed by atoms with Crippen molar-refractivity contribution in [2.45, 2.75) is 18.9 Å². The van der Waals surface area contributed by atoms with Crippen LogP contribution in [0.2, 0.25) is 0 Å². The van der Waals surface area contributed by atoms with Crippen LogP contribution in [0.4, 0.5) is 0 Å². The number of hydrogen-bond acceptors (Lipinski definition) is 8. The van der Waals surface area contributed by atoms with E-state index in [1.54, 1.807) is 49.7 Å². The van der Waals surface area contributed by atoms with Gasteiger partial charge in [0.25, 0.3) is 0 Å². The minimum absolute atomic E-state index is 0.0782. The summed E-state index contributed by atoms with van der Waals surface area (Å²) < 4.78 is 30.3. The number of imidazole rings is 1. The molecule has 9 heteroatoms. The first-order valence-corrected chi connectivity index (χ1v) is 11.6. The van der Waals surface area contributed by atoms with Crippen LogP contribution in [0.3, 0.4) is 0 Å². The average molecular weight is 498 g/mol. The Hall–Kier alpha value is -4.79. The highest BCUT2D eigenvalue weighted by atomic mass is 16.5. The summed E-state index contributed by atoms with van der Waals surface area (Å²) in [6.45, 7) is 0.270. The van der Waals surface area contributed by atoms with Gasteiger partial charge in [-0.15, -0.1) is 0 Å². The number of fused-ring (bicyclic) bond motifs is 3. The van der Waals surface area contributed by atoms with Gasteiger partial charge in [0.1, 0.15) is 29.7 Å². The lowest BCUT2D eigenvalue weighted by Crippen LogP contribution is -2.21. The second-order valence-electron chi connectivity index (χ2n) is 8.69. The molecular formula is C28H22N2O7. The number of ether oxygens (including phenoxy) is 4. The molecule has 1 atom stereocenters. The van der Waals surface area contributed by atoms with Crippen LogP contribution in [0.5, 0.6) is 23.0 Å². The van der Waals surface area contributed by atoms with Gasteiger partial charge in [-0.1, -0.05) is 6.07 Å². The molecule has 2 aromatic carbocycles. The summed E-state index contributed by atoms with van der Waals surface area (Å²) in [7, 11) is 3.45. The molecule has 2 aliphatic rings. The third-order valence-electron chi connectivity index (χ3n) is 6.46. The van der Waals surface area contributed by atoms with Crippen LogP contribution in [0.15, 0.2) is 71.3 Å². The zero-order valence-corrected chi connectivity index (χ0v) is 20.1. The number of hydrogen-bond donors (Lipinski definition) is 0. The van der Waals surface area contributed by atoms with Crippen LogP contribution in [0.1, 0.15) is 45.4 Å². The van der Waals surface area contributed by atoms with Gasteiger partial charge in [-0.3, -0.25) is 9.59 Å². The Kier molecular flexibility index (Phi) is 5.52. The molecule has 0 aliphatic carbocycles. The van der Waals surface area contributed by atoms with Crippen LogP contribution < -0.4 is 18.9 Å². The van der Waals surface area contributed by atoms with E-state index in [1.165, 1.54) is 6.26 Å². The largest absolute Gasteiger partial charge is 0.493 e. The van der Waals surface area contributed by atoms with E-state index in [0.717, 1.165) is 11.4 Å². The molecule has 0 bridgehead atoms. The number of furan rings is 1. The van der Waals surface area contributed by atoms with Crippen molar-refractivity contribution >= 4 is 17.8 Å². The summed E-state index contributed by atoms with van der Waals surface area (Å²) in [5.74, 6) is 2.15. The molecule has 37 heavy (non-hydrogen) atoms. The maximum atomic E-state index is 13.1. The molecule has 0 N–H and O–H groups in total. The number of allylic oxidation sites excluding steroid dienone is 1. The van der Waals surface area contributed by atoms with Gasteiger partial charge in [-0.05, 0) is 42.0 Å². The lowest BCUT2D eigenvalue weighted by molar-refractivity contribution is -0.135. The molecule has 0 saturated carbocycles. The number of rotatable bonds is 6. The van der Waals surface area contributed by atoms with Gasteiger partial charge >= 0.3 is 5.97 Å². The highest BCUT2D eigenvalue weighted by molar-refractivity contribution is 6.15. The third-order valence-corrected chi connectivity index (χ3v) is 6.46. The Balaban J connectivity index is 1.36. The lowest BCUT2D eigenvalue weighted by atomic mass is 9.84. The van der Waals surface area contributed by atoms with E-state index in [-0.39, 0.29) is 30.5 Å². The molecule has 186 valence electrons. The first kappa shape index (κ1) is 22.7. The number of carbonyl (C=O) groups is 2. The minimum Gasteiger partial charge on any atom is -0.493 e. The topological polar surface area (TPSA) is 102 Å². The van der Waals surface area contributed by atoms with E-state index in [4.69, 9.17) is 23.4 Å². The first-order chi connectivity index (χ1) is 18.0. The number of benzene rings is 2. The van der Waals surface area contributed by atoms with Gasteiger partial charge < -0.3 is 27.9 Å². The van der Waals surface area contributed by atoms with E-state index >= 15 is 0 Å². The Morgan fingerprint density at radius 2 is 2.03 bits per heavy atom. The third kappa shape index (κ3) is 4.04. The van der Waals surface area contributed by atoms with Gasteiger partial charge in [0, 0.05) is 37.0 Å². The Morgan fingerprint density at radius 3 is 2.78 bits per heavy atom. The Labute approximate surface area is 211 Å². The van der Waals surface area contributed by atoms with Crippen molar-refractivity contribution in [2.24, 2.45) is 7.05 Å². The average Bonchev–Trinajstić information content (AvgIpc) is 3.64. The number of aromatic nitrogens is 2. The quantitative estimate of drug-likeness (QED) is 0.215. The van der Waals surface area contributed by atoms with Crippen LogP contribution in [0, 0.1) is 0 Å². The molecule has 4 aromatic rings. The van der Waals surface area contributed by atoms with Crippen molar-refractivity contribution in [3.05, 3.63) is 95.2 Å². The molecule has 6 rings (SSSR count). The fourth-order valence-electron chi connectivity index (χ4n) is 4.59. The summed E-state index contributed by atoms with van der Waals surface area (Å²) in [6.07, 6.45) is 6.70. The number of nitrogens with zero attached hydrogens (tertiary/aromatic N) is 2. The molecular weight excluding hydrogens is 476 g/mol. The summed E-state index contributed by atoms with van der Waals surface area (Å²) in [6, 6.07) is 12.2. The number of aryl methyl sites for hydroxylation is 1. The van der Waals surface area contributed by atoms with Crippen LogP contribution in [-0.2, 0) is 18.4 Å². The second-order valence-corrected chi connectivity index (χ2v) is 8.69. The summed E-state index contributed by atoms with van der Waals surface area (Å²) >= 11 is 0. The lowest BCUT2D eigenvalue weighted by Gasteiger charge is -2.26. The van der Waals surface area contributed by atoms with Gasteiger partial charge in [-0.25, -0.2) is 4.98 Å². The molecule has 0 amide bonds. The van der Waals surface area contributed by atoms with Crippen LogP contribution in [-0.4, -0.2) is 28.4 Å². The molecule has 2 aliphatic heterocycles. The predicted octanol–water partition coefficient (Wildman–Crippen LogP) is 4.66. The Morgan fingerprint density at radius 1 is 1.14 bits per heavy atom. The highest BCUT2D eigenvalue weighted by Gasteiger charge is 2.38.